The van der Waals surface area contributed by atoms with Gasteiger partial charge in [0.15, 0.2) is 0 Å². The average Bonchev–Trinajstić information content (AvgIpc) is 2.79. The van der Waals surface area contributed by atoms with Gasteiger partial charge in [0.05, 0.1) is 11.7 Å². The molecule has 1 aromatic carbocycles. The molecule has 0 amide bonds. The van der Waals surface area contributed by atoms with E-state index in [2.05, 4.69) is 42.0 Å². The molecule has 3 N–H and O–H groups in total. The molecule has 2 aromatic rings. The highest BCUT2D eigenvalue weighted by atomic mass is 15.4. The van der Waals surface area contributed by atoms with Crippen molar-refractivity contribution in [2.45, 2.75) is 32.7 Å². The second kappa shape index (κ2) is 5.19. The van der Waals surface area contributed by atoms with Gasteiger partial charge in [-0.3, -0.25) is 0 Å². The Labute approximate surface area is 120 Å². The third-order valence-electron chi connectivity index (χ3n) is 3.72. The topological polar surface area (TPSA) is 55.9 Å². The highest BCUT2D eigenvalue weighted by molar-refractivity contribution is 5.45. The molecule has 20 heavy (non-hydrogen) atoms. The van der Waals surface area contributed by atoms with Gasteiger partial charge in [-0.05, 0) is 36.5 Å². The largest absolute Gasteiger partial charge is 0.399 e. The van der Waals surface area contributed by atoms with E-state index in [1.165, 1.54) is 11.3 Å². The van der Waals surface area contributed by atoms with Crippen LogP contribution in [0.5, 0.6) is 0 Å². The first-order chi connectivity index (χ1) is 9.63. The number of hydrogen-bond donors (Lipinski definition) is 2. The maximum atomic E-state index is 5.91. The van der Waals surface area contributed by atoms with Crippen molar-refractivity contribution in [1.29, 1.82) is 0 Å². The lowest BCUT2D eigenvalue weighted by molar-refractivity contribution is 0.474. The minimum absolute atomic E-state index is 0.288. The molecule has 1 unspecified atom stereocenters. The van der Waals surface area contributed by atoms with Crippen molar-refractivity contribution in [3.8, 4) is 0 Å². The van der Waals surface area contributed by atoms with E-state index >= 15 is 0 Å². The standard InChI is InChI=1S/C16H22N4/c1-11(2)8-14-10-16-18-7-6-15(20(16)19-14)12-4-3-5-13(17)9-12/h3-5,9-11,15,18H,6-8,17H2,1-2H3. The summed E-state index contributed by atoms with van der Waals surface area (Å²) in [5.41, 5.74) is 9.14. The van der Waals surface area contributed by atoms with Gasteiger partial charge in [-0.2, -0.15) is 5.10 Å². The van der Waals surface area contributed by atoms with Crippen LogP contribution in [0.3, 0.4) is 0 Å². The molecule has 2 heterocycles. The maximum absolute atomic E-state index is 5.91. The molecule has 1 aromatic heterocycles. The summed E-state index contributed by atoms with van der Waals surface area (Å²) in [6, 6.07) is 10.6. The Bertz CT molecular complexity index is 600. The molecule has 1 atom stereocenters. The summed E-state index contributed by atoms with van der Waals surface area (Å²) in [6.07, 6.45) is 2.06. The lowest BCUT2D eigenvalue weighted by atomic mass is 10.0. The third-order valence-corrected chi connectivity index (χ3v) is 3.72. The second-order valence-electron chi connectivity index (χ2n) is 5.96. The number of fused-ring (bicyclic) bond motifs is 1. The number of nitrogens with one attached hydrogen (secondary N) is 1. The Kier molecular flexibility index (Phi) is 3.38. The first-order valence-corrected chi connectivity index (χ1v) is 7.31. The lowest BCUT2D eigenvalue weighted by Gasteiger charge is -2.26. The highest BCUT2D eigenvalue weighted by Gasteiger charge is 2.23. The van der Waals surface area contributed by atoms with Crippen molar-refractivity contribution >= 4 is 11.5 Å². The summed E-state index contributed by atoms with van der Waals surface area (Å²) in [4.78, 5) is 0. The minimum Gasteiger partial charge on any atom is -0.399 e. The van der Waals surface area contributed by atoms with Crippen LogP contribution in [0.4, 0.5) is 11.5 Å². The second-order valence-corrected chi connectivity index (χ2v) is 5.96. The smallest absolute Gasteiger partial charge is 0.125 e. The summed E-state index contributed by atoms with van der Waals surface area (Å²) in [6.45, 7) is 5.43. The zero-order chi connectivity index (χ0) is 14.1. The Morgan fingerprint density at radius 1 is 1.40 bits per heavy atom. The molecule has 3 rings (SSSR count). The molecule has 0 bridgehead atoms. The number of aromatic nitrogens is 2. The Morgan fingerprint density at radius 3 is 3.00 bits per heavy atom. The molecule has 4 heteroatoms. The van der Waals surface area contributed by atoms with Gasteiger partial charge < -0.3 is 11.1 Å². The van der Waals surface area contributed by atoms with E-state index in [1.54, 1.807) is 0 Å². The summed E-state index contributed by atoms with van der Waals surface area (Å²) < 4.78 is 2.12. The van der Waals surface area contributed by atoms with Crippen LogP contribution in [-0.4, -0.2) is 16.3 Å². The van der Waals surface area contributed by atoms with Crippen molar-refractivity contribution in [2.24, 2.45) is 5.92 Å². The monoisotopic (exact) mass is 270 g/mol. The molecule has 1 aliphatic heterocycles. The molecule has 0 radical (unpaired) electrons. The summed E-state index contributed by atoms with van der Waals surface area (Å²) in [7, 11) is 0. The molecular weight excluding hydrogens is 248 g/mol. The van der Waals surface area contributed by atoms with Gasteiger partial charge in [0.25, 0.3) is 0 Å². The normalized spacial score (nSPS) is 17.9. The van der Waals surface area contributed by atoms with Crippen LogP contribution in [0.15, 0.2) is 30.3 Å². The predicted molar refractivity (Wildman–Crippen MR) is 82.9 cm³/mol. The summed E-state index contributed by atoms with van der Waals surface area (Å²) in [5.74, 6) is 1.75. The Morgan fingerprint density at radius 2 is 2.25 bits per heavy atom. The van der Waals surface area contributed by atoms with Crippen molar-refractivity contribution < 1.29 is 0 Å². The Hall–Kier alpha value is -1.97. The molecule has 4 nitrogen and oxygen atoms in total. The molecular formula is C16H22N4. The predicted octanol–water partition coefficient (Wildman–Crippen LogP) is 3.07. The van der Waals surface area contributed by atoms with E-state index in [1.807, 2.05) is 12.1 Å². The van der Waals surface area contributed by atoms with E-state index in [0.29, 0.717) is 5.92 Å². The van der Waals surface area contributed by atoms with Crippen LogP contribution in [0.2, 0.25) is 0 Å². The molecule has 0 aliphatic carbocycles. The van der Waals surface area contributed by atoms with Gasteiger partial charge in [-0.15, -0.1) is 0 Å². The number of benzene rings is 1. The number of nitrogens with zero attached hydrogens (tertiary/aromatic N) is 2. The number of rotatable bonds is 3. The van der Waals surface area contributed by atoms with Gasteiger partial charge in [0.1, 0.15) is 5.82 Å². The van der Waals surface area contributed by atoms with Crippen LogP contribution in [0.25, 0.3) is 0 Å². The SMILES string of the molecule is CC(C)Cc1cc2n(n1)C(c1cccc(N)c1)CCN2. The quantitative estimate of drug-likeness (QED) is 0.843. The van der Waals surface area contributed by atoms with Gasteiger partial charge in [-0.25, -0.2) is 4.68 Å². The first-order valence-electron chi connectivity index (χ1n) is 7.31. The van der Waals surface area contributed by atoms with Crippen LogP contribution in [-0.2, 0) is 6.42 Å². The van der Waals surface area contributed by atoms with Crippen LogP contribution >= 0.6 is 0 Å². The maximum Gasteiger partial charge on any atom is 0.125 e. The van der Waals surface area contributed by atoms with Gasteiger partial charge in [0, 0.05) is 18.3 Å². The molecule has 0 saturated carbocycles. The fraction of sp³-hybridized carbons (Fsp3) is 0.438. The van der Waals surface area contributed by atoms with Crippen molar-refractivity contribution in [3.63, 3.8) is 0 Å². The third kappa shape index (κ3) is 2.50. The molecule has 106 valence electrons. The zero-order valence-electron chi connectivity index (χ0n) is 12.1. The lowest BCUT2D eigenvalue weighted by Crippen LogP contribution is -2.24. The van der Waals surface area contributed by atoms with E-state index in [9.17, 15) is 0 Å². The molecule has 0 spiro atoms. The van der Waals surface area contributed by atoms with E-state index in [4.69, 9.17) is 10.8 Å². The van der Waals surface area contributed by atoms with Crippen LogP contribution in [0.1, 0.15) is 37.6 Å². The summed E-state index contributed by atoms with van der Waals surface area (Å²) in [5, 5.41) is 8.23. The van der Waals surface area contributed by atoms with E-state index < -0.39 is 0 Å². The van der Waals surface area contributed by atoms with Crippen LogP contribution < -0.4 is 11.1 Å². The zero-order valence-corrected chi connectivity index (χ0v) is 12.1. The molecule has 0 fully saturated rings. The molecule has 1 aliphatic rings. The highest BCUT2D eigenvalue weighted by Crippen LogP contribution is 2.31. The average molecular weight is 270 g/mol. The number of nitrogen functional groups attached to an aromatic ring is 1. The number of hydrogen-bond acceptors (Lipinski definition) is 3. The number of nitrogens with two attached hydrogens (primary N) is 1. The fourth-order valence-electron chi connectivity index (χ4n) is 2.87. The molecule has 0 saturated heterocycles. The minimum atomic E-state index is 0.288. The van der Waals surface area contributed by atoms with Crippen LogP contribution in [0, 0.1) is 5.92 Å². The van der Waals surface area contributed by atoms with Gasteiger partial charge in [-0.1, -0.05) is 26.0 Å². The van der Waals surface area contributed by atoms with Crippen molar-refractivity contribution in [1.82, 2.24) is 9.78 Å². The van der Waals surface area contributed by atoms with Crippen molar-refractivity contribution in [3.05, 3.63) is 41.6 Å². The van der Waals surface area contributed by atoms with Gasteiger partial charge >= 0.3 is 0 Å². The van der Waals surface area contributed by atoms with Crippen molar-refractivity contribution in [2.75, 3.05) is 17.6 Å². The first kappa shape index (κ1) is 13.0. The van der Waals surface area contributed by atoms with E-state index in [-0.39, 0.29) is 6.04 Å². The Balaban J connectivity index is 1.95. The van der Waals surface area contributed by atoms with Gasteiger partial charge in [0.2, 0.25) is 0 Å². The number of anilines is 2. The summed E-state index contributed by atoms with van der Waals surface area (Å²) >= 11 is 0. The fourth-order valence-corrected chi connectivity index (χ4v) is 2.87. The van der Waals surface area contributed by atoms with E-state index in [0.717, 1.165) is 30.9 Å².